The average Bonchev–Trinajstić information content (AvgIpc) is 2.04. The molecule has 1 N–H and O–H groups in total. The SMILES string of the molecule is CNC1=CCCC=C1OC. The number of nitrogens with one attached hydrogen (secondary N) is 1. The van der Waals surface area contributed by atoms with Gasteiger partial charge in [0.2, 0.25) is 0 Å². The molecule has 0 aromatic carbocycles. The van der Waals surface area contributed by atoms with Gasteiger partial charge < -0.3 is 10.1 Å². The van der Waals surface area contributed by atoms with Crippen LogP contribution in [-0.4, -0.2) is 14.2 Å². The molecule has 1 rings (SSSR count). The highest BCUT2D eigenvalue weighted by atomic mass is 16.5. The fourth-order valence-electron chi connectivity index (χ4n) is 1.07. The predicted molar refractivity (Wildman–Crippen MR) is 41.5 cm³/mol. The second-order valence-electron chi connectivity index (χ2n) is 2.22. The van der Waals surface area contributed by atoms with Crippen LogP contribution in [0.1, 0.15) is 12.8 Å². The van der Waals surface area contributed by atoms with E-state index in [4.69, 9.17) is 4.74 Å². The second-order valence-corrected chi connectivity index (χ2v) is 2.22. The van der Waals surface area contributed by atoms with Crippen molar-refractivity contribution in [1.29, 1.82) is 0 Å². The van der Waals surface area contributed by atoms with Gasteiger partial charge in [-0.3, -0.25) is 0 Å². The summed E-state index contributed by atoms with van der Waals surface area (Å²) in [5.74, 6) is 0.966. The van der Waals surface area contributed by atoms with Crippen molar-refractivity contribution in [2.24, 2.45) is 0 Å². The normalized spacial score (nSPS) is 17.4. The zero-order chi connectivity index (χ0) is 7.40. The van der Waals surface area contributed by atoms with Gasteiger partial charge in [-0.25, -0.2) is 0 Å². The lowest BCUT2D eigenvalue weighted by atomic mass is 10.1. The van der Waals surface area contributed by atoms with Gasteiger partial charge in [0, 0.05) is 7.05 Å². The number of likely N-dealkylation sites (N-methyl/N-ethyl adjacent to an activating group) is 1. The molecule has 10 heavy (non-hydrogen) atoms. The van der Waals surface area contributed by atoms with Crippen molar-refractivity contribution in [1.82, 2.24) is 5.32 Å². The molecule has 0 fully saturated rings. The molecule has 0 atom stereocenters. The monoisotopic (exact) mass is 139 g/mol. The average molecular weight is 139 g/mol. The molecule has 2 heteroatoms. The summed E-state index contributed by atoms with van der Waals surface area (Å²) >= 11 is 0. The molecular weight excluding hydrogens is 126 g/mol. The van der Waals surface area contributed by atoms with E-state index < -0.39 is 0 Å². The third-order valence-corrected chi connectivity index (χ3v) is 1.60. The van der Waals surface area contributed by atoms with E-state index in [1.165, 1.54) is 0 Å². The largest absolute Gasteiger partial charge is 0.495 e. The molecule has 0 saturated heterocycles. The Hall–Kier alpha value is -0.920. The van der Waals surface area contributed by atoms with Gasteiger partial charge in [-0.1, -0.05) is 6.08 Å². The van der Waals surface area contributed by atoms with Crippen LogP contribution >= 0.6 is 0 Å². The molecule has 0 aliphatic heterocycles. The first-order chi connectivity index (χ1) is 4.88. The Morgan fingerprint density at radius 3 is 2.60 bits per heavy atom. The van der Waals surface area contributed by atoms with Gasteiger partial charge in [-0.15, -0.1) is 0 Å². The molecule has 0 spiro atoms. The maximum atomic E-state index is 5.12. The molecule has 0 unspecified atom stereocenters. The van der Waals surface area contributed by atoms with Crippen LogP contribution in [0, 0.1) is 0 Å². The van der Waals surface area contributed by atoms with E-state index in [-0.39, 0.29) is 0 Å². The van der Waals surface area contributed by atoms with Gasteiger partial charge >= 0.3 is 0 Å². The molecule has 0 amide bonds. The van der Waals surface area contributed by atoms with E-state index in [0.717, 1.165) is 24.3 Å². The minimum Gasteiger partial charge on any atom is -0.495 e. The number of hydrogen-bond donors (Lipinski definition) is 1. The summed E-state index contributed by atoms with van der Waals surface area (Å²) in [5, 5.41) is 3.07. The summed E-state index contributed by atoms with van der Waals surface area (Å²) in [4.78, 5) is 0. The van der Waals surface area contributed by atoms with E-state index in [1.807, 2.05) is 7.05 Å². The van der Waals surface area contributed by atoms with Gasteiger partial charge in [0.25, 0.3) is 0 Å². The van der Waals surface area contributed by atoms with Gasteiger partial charge in [0.15, 0.2) is 0 Å². The van der Waals surface area contributed by atoms with Crippen molar-refractivity contribution in [2.75, 3.05) is 14.2 Å². The van der Waals surface area contributed by atoms with Gasteiger partial charge in [-0.2, -0.15) is 0 Å². The predicted octanol–water partition coefficient (Wildman–Crippen LogP) is 1.41. The van der Waals surface area contributed by atoms with Crippen LogP contribution in [0.15, 0.2) is 23.6 Å². The van der Waals surface area contributed by atoms with Crippen LogP contribution in [0.2, 0.25) is 0 Å². The van der Waals surface area contributed by atoms with Crippen LogP contribution in [0.5, 0.6) is 0 Å². The summed E-state index contributed by atoms with van der Waals surface area (Å²) < 4.78 is 5.12. The molecule has 56 valence electrons. The Labute approximate surface area is 61.6 Å². The van der Waals surface area contributed by atoms with E-state index in [0.29, 0.717) is 0 Å². The summed E-state index contributed by atoms with van der Waals surface area (Å²) in [5.41, 5.74) is 1.11. The molecule has 1 aliphatic carbocycles. The Bertz CT molecular complexity index is 150. The van der Waals surface area contributed by atoms with Crippen LogP contribution in [0.3, 0.4) is 0 Å². The van der Waals surface area contributed by atoms with Crippen molar-refractivity contribution in [3.8, 4) is 0 Å². The number of methoxy groups -OCH3 is 1. The highest BCUT2D eigenvalue weighted by Gasteiger charge is 2.05. The van der Waals surface area contributed by atoms with E-state index in [9.17, 15) is 0 Å². The minimum atomic E-state index is 0.966. The minimum absolute atomic E-state index is 0.966. The van der Waals surface area contributed by atoms with E-state index in [1.54, 1.807) is 7.11 Å². The molecular formula is C8H13NO. The van der Waals surface area contributed by atoms with Crippen LogP contribution in [0.25, 0.3) is 0 Å². The summed E-state index contributed by atoms with van der Waals surface area (Å²) in [6, 6.07) is 0. The molecule has 0 aromatic rings. The van der Waals surface area contributed by atoms with Gasteiger partial charge in [0.1, 0.15) is 5.76 Å². The molecule has 1 aliphatic rings. The van der Waals surface area contributed by atoms with Crippen molar-refractivity contribution in [2.45, 2.75) is 12.8 Å². The highest BCUT2D eigenvalue weighted by Crippen LogP contribution is 2.15. The van der Waals surface area contributed by atoms with Crippen LogP contribution in [0.4, 0.5) is 0 Å². The fourth-order valence-corrected chi connectivity index (χ4v) is 1.07. The molecule has 0 saturated carbocycles. The van der Waals surface area contributed by atoms with Gasteiger partial charge in [-0.05, 0) is 18.9 Å². The zero-order valence-electron chi connectivity index (χ0n) is 6.48. The quantitative estimate of drug-likeness (QED) is 0.624. The third-order valence-electron chi connectivity index (χ3n) is 1.60. The number of hydrogen-bond acceptors (Lipinski definition) is 2. The Morgan fingerprint density at radius 2 is 2.10 bits per heavy atom. The van der Waals surface area contributed by atoms with Crippen molar-refractivity contribution in [3.63, 3.8) is 0 Å². The number of ether oxygens (including phenoxy) is 1. The van der Waals surface area contributed by atoms with Crippen LogP contribution in [-0.2, 0) is 4.74 Å². The zero-order valence-corrected chi connectivity index (χ0v) is 6.48. The second kappa shape index (κ2) is 3.30. The Balaban J connectivity index is 2.67. The van der Waals surface area contributed by atoms with Crippen molar-refractivity contribution < 1.29 is 4.74 Å². The highest BCUT2D eigenvalue weighted by molar-refractivity contribution is 5.26. The number of rotatable bonds is 2. The first kappa shape index (κ1) is 7.19. The maximum absolute atomic E-state index is 5.12. The fraction of sp³-hybridized carbons (Fsp3) is 0.500. The maximum Gasteiger partial charge on any atom is 0.137 e. The lowest BCUT2D eigenvalue weighted by Gasteiger charge is -2.13. The standard InChI is InChI=1S/C8H13NO/c1-9-7-5-3-4-6-8(7)10-2/h5-6,9H,3-4H2,1-2H3. The van der Waals surface area contributed by atoms with Gasteiger partial charge in [0.05, 0.1) is 12.8 Å². The topological polar surface area (TPSA) is 21.3 Å². The number of allylic oxidation sites excluding steroid dienone is 2. The summed E-state index contributed by atoms with van der Waals surface area (Å²) in [6.45, 7) is 0. The molecule has 0 aromatic heterocycles. The summed E-state index contributed by atoms with van der Waals surface area (Å²) in [6.07, 6.45) is 6.46. The first-order valence-corrected chi connectivity index (χ1v) is 3.51. The van der Waals surface area contributed by atoms with E-state index in [2.05, 4.69) is 17.5 Å². The molecule has 0 radical (unpaired) electrons. The summed E-state index contributed by atoms with van der Waals surface area (Å²) in [7, 11) is 3.60. The molecule has 0 bridgehead atoms. The lowest BCUT2D eigenvalue weighted by Crippen LogP contribution is -2.11. The Morgan fingerprint density at radius 1 is 1.40 bits per heavy atom. The van der Waals surface area contributed by atoms with Crippen molar-refractivity contribution >= 4 is 0 Å². The van der Waals surface area contributed by atoms with E-state index >= 15 is 0 Å². The lowest BCUT2D eigenvalue weighted by molar-refractivity contribution is 0.293. The third kappa shape index (κ3) is 1.32. The molecule has 0 heterocycles. The smallest absolute Gasteiger partial charge is 0.137 e. The molecule has 2 nitrogen and oxygen atoms in total. The Kier molecular flexibility index (Phi) is 2.37. The van der Waals surface area contributed by atoms with Crippen LogP contribution < -0.4 is 5.32 Å². The first-order valence-electron chi connectivity index (χ1n) is 3.51. The van der Waals surface area contributed by atoms with Crippen molar-refractivity contribution in [3.05, 3.63) is 23.6 Å².